The number of carbonyl (C=O) groups is 1. The smallest absolute Gasteiger partial charge is 0.416 e. The van der Waals surface area contributed by atoms with Crippen molar-refractivity contribution in [1.29, 1.82) is 0 Å². The number of halogens is 4. The molecule has 1 aliphatic carbocycles. The molecule has 41 heavy (non-hydrogen) atoms. The Morgan fingerprint density at radius 2 is 1.73 bits per heavy atom. The van der Waals surface area contributed by atoms with E-state index in [9.17, 15) is 22.4 Å². The van der Waals surface area contributed by atoms with Crippen LogP contribution >= 0.6 is 0 Å². The molecule has 0 spiro atoms. The Bertz CT molecular complexity index is 1480. The van der Waals surface area contributed by atoms with E-state index in [1.165, 1.54) is 24.3 Å². The summed E-state index contributed by atoms with van der Waals surface area (Å²) in [5.74, 6) is 0.0544. The largest absolute Gasteiger partial charge is 0.496 e. The van der Waals surface area contributed by atoms with E-state index >= 15 is 0 Å². The minimum Gasteiger partial charge on any atom is -0.496 e. The Morgan fingerprint density at radius 1 is 1.02 bits per heavy atom. The molecule has 0 radical (unpaired) electrons. The van der Waals surface area contributed by atoms with Gasteiger partial charge in [-0.15, -0.1) is 0 Å². The lowest BCUT2D eigenvalue weighted by atomic mass is 9.90. The maximum atomic E-state index is 14.9. The van der Waals surface area contributed by atoms with Gasteiger partial charge in [-0.2, -0.15) is 13.2 Å². The van der Waals surface area contributed by atoms with Crippen LogP contribution in [-0.4, -0.2) is 24.1 Å². The second-order valence-electron chi connectivity index (χ2n) is 11.6. The topological polar surface area (TPSA) is 38.8 Å². The van der Waals surface area contributed by atoms with Gasteiger partial charge in [-0.3, -0.25) is 0 Å². The number of carbonyl (C=O) groups excluding carboxylic acids is 1. The molecule has 5 rings (SSSR count). The van der Waals surface area contributed by atoms with Crippen LogP contribution < -0.4 is 4.74 Å². The number of ether oxygens (including phenoxy) is 2. The highest BCUT2D eigenvalue weighted by atomic mass is 19.4. The fourth-order valence-electron chi connectivity index (χ4n) is 6.08. The lowest BCUT2D eigenvalue weighted by Gasteiger charge is -2.38. The van der Waals surface area contributed by atoms with Gasteiger partial charge in [-0.25, -0.2) is 9.18 Å². The number of amides is 1. The molecule has 1 fully saturated rings. The summed E-state index contributed by atoms with van der Waals surface area (Å²) >= 11 is 0. The van der Waals surface area contributed by atoms with Crippen molar-refractivity contribution >= 4 is 6.09 Å². The second-order valence-corrected chi connectivity index (χ2v) is 11.6. The highest BCUT2D eigenvalue weighted by Gasteiger charge is 2.37. The SMILES string of the molecule is COc1cc(F)c(C(C)C)cc1-c1cc2c(cc1CN1C(=O)O[C@H](c3cc(C)cc(C(F)(F)F)c3)C[C@@H]1C)CCC2. The van der Waals surface area contributed by atoms with E-state index < -0.39 is 23.9 Å². The van der Waals surface area contributed by atoms with Crippen molar-refractivity contribution in [2.45, 2.75) is 84.2 Å². The van der Waals surface area contributed by atoms with Gasteiger partial charge in [-0.05, 0) is 90.6 Å². The number of cyclic esters (lactones) is 1. The van der Waals surface area contributed by atoms with Crippen LogP contribution in [0.5, 0.6) is 5.75 Å². The summed E-state index contributed by atoms with van der Waals surface area (Å²) < 4.78 is 66.5. The molecule has 0 aromatic heterocycles. The maximum Gasteiger partial charge on any atom is 0.416 e. The van der Waals surface area contributed by atoms with Gasteiger partial charge >= 0.3 is 12.3 Å². The summed E-state index contributed by atoms with van der Waals surface area (Å²) in [5, 5.41) is 0. The molecular formula is C33H35F4NO3. The van der Waals surface area contributed by atoms with Gasteiger partial charge in [0.2, 0.25) is 0 Å². The third kappa shape index (κ3) is 5.79. The molecule has 2 atom stereocenters. The Balaban J connectivity index is 1.49. The van der Waals surface area contributed by atoms with Crippen molar-refractivity contribution in [3.63, 3.8) is 0 Å². The van der Waals surface area contributed by atoms with E-state index in [4.69, 9.17) is 9.47 Å². The molecule has 2 aliphatic rings. The number of alkyl halides is 3. The fourth-order valence-corrected chi connectivity index (χ4v) is 6.08. The molecule has 0 saturated carbocycles. The zero-order valence-electron chi connectivity index (χ0n) is 24.0. The molecule has 3 aromatic carbocycles. The monoisotopic (exact) mass is 569 g/mol. The van der Waals surface area contributed by atoms with E-state index in [1.807, 2.05) is 26.8 Å². The molecule has 1 saturated heterocycles. The number of benzene rings is 3. The van der Waals surface area contributed by atoms with Crippen molar-refractivity contribution in [2.75, 3.05) is 7.11 Å². The second kappa shape index (κ2) is 11.0. The van der Waals surface area contributed by atoms with Gasteiger partial charge in [0.05, 0.1) is 12.7 Å². The summed E-state index contributed by atoms with van der Waals surface area (Å²) in [7, 11) is 1.51. The van der Waals surface area contributed by atoms with E-state index in [1.54, 1.807) is 17.9 Å². The van der Waals surface area contributed by atoms with Gasteiger partial charge in [0.25, 0.3) is 0 Å². The number of nitrogens with zero attached hydrogens (tertiary/aromatic N) is 1. The van der Waals surface area contributed by atoms with Gasteiger partial charge in [-0.1, -0.05) is 37.6 Å². The van der Waals surface area contributed by atoms with Gasteiger partial charge in [0.1, 0.15) is 17.7 Å². The molecule has 0 unspecified atom stereocenters. The average Bonchev–Trinajstić information content (AvgIpc) is 3.36. The first-order chi connectivity index (χ1) is 19.3. The van der Waals surface area contributed by atoms with Crippen molar-refractivity contribution in [3.8, 4) is 16.9 Å². The molecule has 0 bridgehead atoms. The summed E-state index contributed by atoms with van der Waals surface area (Å²) in [6.07, 6.45) is -2.57. The molecule has 4 nitrogen and oxygen atoms in total. The summed E-state index contributed by atoms with van der Waals surface area (Å²) in [5.41, 5.74) is 5.61. The van der Waals surface area contributed by atoms with Crippen LogP contribution in [-0.2, 0) is 30.3 Å². The number of fused-ring (bicyclic) bond motifs is 1. The molecule has 8 heteroatoms. The Morgan fingerprint density at radius 3 is 2.37 bits per heavy atom. The van der Waals surface area contributed by atoms with Crippen LogP contribution in [0, 0.1) is 12.7 Å². The highest BCUT2D eigenvalue weighted by Crippen LogP contribution is 2.41. The van der Waals surface area contributed by atoms with Crippen LogP contribution in [0.3, 0.4) is 0 Å². The highest BCUT2D eigenvalue weighted by molar-refractivity contribution is 5.77. The van der Waals surface area contributed by atoms with E-state index in [0.717, 1.165) is 48.1 Å². The van der Waals surface area contributed by atoms with Crippen molar-refractivity contribution in [1.82, 2.24) is 4.90 Å². The van der Waals surface area contributed by atoms with Crippen LogP contribution in [0.2, 0.25) is 0 Å². The lowest BCUT2D eigenvalue weighted by molar-refractivity contribution is -0.137. The van der Waals surface area contributed by atoms with Gasteiger partial charge < -0.3 is 14.4 Å². The number of hydrogen-bond donors (Lipinski definition) is 0. The van der Waals surface area contributed by atoms with Gasteiger partial charge in [0, 0.05) is 30.6 Å². The lowest BCUT2D eigenvalue weighted by Crippen LogP contribution is -2.44. The predicted octanol–water partition coefficient (Wildman–Crippen LogP) is 8.91. The minimum absolute atomic E-state index is 0.0361. The molecule has 1 amide bonds. The normalized spacial score (nSPS) is 19.0. The van der Waals surface area contributed by atoms with E-state index in [2.05, 4.69) is 12.1 Å². The third-order valence-electron chi connectivity index (χ3n) is 8.25. The first-order valence-electron chi connectivity index (χ1n) is 14.0. The maximum absolute atomic E-state index is 14.9. The van der Waals surface area contributed by atoms with Crippen LogP contribution in [0.1, 0.15) is 84.6 Å². The first-order valence-corrected chi connectivity index (χ1v) is 14.0. The van der Waals surface area contributed by atoms with E-state index in [0.29, 0.717) is 28.9 Å². The fraction of sp³-hybridized carbons (Fsp3) is 0.424. The summed E-state index contributed by atoms with van der Waals surface area (Å²) in [6, 6.07) is 11.0. The zero-order chi connectivity index (χ0) is 29.6. The van der Waals surface area contributed by atoms with Crippen LogP contribution in [0.15, 0.2) is 42.5 Å². The molecule has 218 valence electrons. The summed E-state index contributed by atoms with van der Waals surface area (Å²) in [4.78, 5) is 15.0. The van der Waals surface area contributed by atoms with Crippen LogP contribution in [0.25, 0.3) is 11.1 Å². The Kier molecular flexibility index (Phi) is 7.79. The van der Waals surface area contributed by atoms with Crippen molar-refractivity contribution < 1.29 is 31.8 Å². The molecule has 1 aliphatic heterocycles. The minimum atomic E-state index is -4.49. The summed E-state index contributed by atoms with van der Waals surface area (Å²) in [6.45, 7) is 7.60. The Labute approximate surface area is 238 Å². The number of rotatable bonds is 6. The van der Waals surface area contributed by atoms with Gasteiger partial charge in [0.15, 0.2) is 0 Å². The van der Waals surface area contributed by atoms with Crippen LogP contribution in [0.4, 0.5) is 22.4 Å². The van der Waals surface area contributed by atoms with E-state index in [-0.39, 0.29) is 24.3 Å². The average molecular weight is 570 g/mol. The third-order valence-corrected chi connectivity index (χ3v) is 8.25. The predicted molar refractivity (Wildman–Crippen MR) is 150 cm³/mol. The molecule has 1 heterocycles. The molecular weight excluding hydrogens is 534 g/mol. The van der Waals surface area contributed by atoms with Crippen molar-refractivity contribution in [2.24, 2.45) is 0 Å². The zero-order valence-corrected chi connectivity index (χ0v) is 24.0. The number of aryl methyl sites for hydroxylation is 3. The quantitative estimate of drug-likeness (QED) is 0.278. The Hall–Kier alpha value is -3.55. The van der Waals surface area contributed by atoms with Crippen molar-refractivity contribution in [3.05, 3.63) is 87.2 Å². The standard InChI is InChI=1S/C33H35F4NO3/c1-18(2)26-15-28(31(40-5)16-29(26)34)27-14-22-8-6-7-21(22)12-24(27)17-38-20(4)11-30(41-32(38)39)23-9-19(3)10-25(13-23)33(35,36)37/h9-10,12-16,18,20,30H,6-8,11,17H2,1-5H3/t20-,30-/m0/s1. The number of hydrogen-bond acceptors (Lipinski definition) is 3. The first kappa shape index (κ1) is 29.0. The number of methoxy groups -OCH3 is 1. The molecule has 3 aromatic rings. The molecule has 0 N–H and O–H groups in total.